The maximum absolute atomic E-state index is 15.1. The molecule has 4 aliphatic rings. The summed E-state index contributed by atoms with van der Waals surface area (Å²) in [5, 5.41) is 12.7. The van der Waals surface area contributed by atoms with E-state index in [4.69, 9.17) is 4.74 Å². The number of hydrogen-bond acceptors (Lipinski definition) is 7. The third kappa shape index (κ3) is 4.76. The Kier molecular flexibility index (Phi) is 7.71. The van der Waals surface area contributed by atoms with E-state index in [1.807, 2.05) is 85.1 Å². The number of thiophene rings is 1. The Bertz CT molecular complexity index is 2030. The molecule has 6 atom stereocenters. The van der Waals surface area contributed by atoms with Crippen LogP contribution in [0.1, 0.15) is 47.3 Å². The summed E-state index contributed by atoms with van der Waals surface area (Å²) in [7, 11) is 0. The molecule has 4 aromatic rings. The van der Waals surface area contributed by atoms with E-state index in [2.05, 4.69) is 6.08 Å². The number of allylic oxidation sites excluding steroid dienone is 4. The standard InChI is InChI=1S/C41H35NO6S/c1-2-48-34-20-25(15-18-33(34)43)37-28-16-17-29-36(40(47)42(39(29)46)23-27-14-9-19-49-27)31(28)21-32-38(45)30(24-10-5-3-6-11-24)22-35(44)41(32,37)26-12-7-4-8-13-26/h3-16,18-20,22,29,31-32,36-37,43H,2,17,21,23H2,1H3/t29-,31+,32-,36-,37-,41-/m0/s1. The lowest BCUT2D eigenvalue weighted by molar-refractivity contribution is -0.141. The fourth-order valence-electron chi connectivity index (χ4n) is 9.01. The van der Waals surface area contributed by atoms with Gasteiger partial charge in [-0.25, -0.2) is 0 Å². The average molecular weight is 670 g/mol. The predicted molar refractivity (Wildman–Crippen MR) is 186 cm³/mol. The number of carbonyl (C=O) groups excluding carboxylic acids is 4. The highest BCUT2D eigenvalue weighted by Gasteiger charge is 2.65. The van der Waals surface area contributed by atoms with Crippen molar-refractivity contribution < 1.29 is 29.0 Å². The average Bonchev–Trinajstić information content (AvgIpc) is 3.73. The van der Waals surface area contributed by atoms with Crippen LogP contribution in [0.3, 0.4) is 0 Å². The van der Waals surface area contributed by atoms with Gasteiger partial charge >= 0.3 is 0 Å². The van der Waals surface area contributed by atoms with Crippen molar-refractivity contribution in [2.75, 3.05) is 6.61 Å². The molecule has 3 aromatic carbocycles. The normalized spacial score (nSPS) is 27.6. The molecule has 49 heavy (non-hydrogen) atoms. The number of rotatable bonds is 7. The molecule has 0 unspecified atom stereocenters. The van der Waals surface area contributed by atoms with Crippen molar-refractivity contribution in [3.8, 4) is 11.5 Å². The minimum Gasteiger partial charge on any atom is -0.504 e. The number of carbonyl (C=O) groups is 4. The van der Waals surface area contributed by atoms with Crippen molar-refractivity contribution in [2.45, 2.75) is 37.6 Å². The van der Waals surface area contributed by atoms with Gasteiger partial charge in [-0.1, -0.05) is 84.4 Å². The molecule has 0 spiro atoms. The van der Waals surface area contributed by atoms with E-state index in [1.165, 1.54) is 22.3 Å². The maximum Gasteiger partial charge on any atom is 0.234 e. The van der Waals surface area contributed by atoms with Crippen LogP contribution in [-0.2, 0) is 31.1 Å². The third-order valence-corrected chi connectivity index (χ3v) is 11.8. The highest BCUT2D eigenvalue weighted by atomic mass is 32.1. The van der Waals surface area contributed by atoms with Crippen LogP contribution in [0.25, 0.3) is 5.57 Å². The monoisotopic (exact) mass is 669 g/mol. The quantitative estimate of drug-likeness (QED) is 0.170. The van der Waals surface area contributed by atoms with Crippen molar-refractivity contribution in [1.82, 2.24) is 4.90 Å². The molecule has 1 aliphatic heterocycles. The number of aromatic hydroxyl groups is 1. The number of phenolic OH excluding ortho intramolecular Hbond substituents is 1. The molecule has 8 heteroatoms. The Balaban J connectivity index is 1.35. The van der Waals surface area contributed by atoms with Crippen LogP contribution in [0.15, 0.2) is 114 Å². The zero-order valence-corrected chi connectivity index (χ0v) is 27.8. The van der Waals surface area contributed by atoms with Gasteiger partial charge in [-0.3, -0.25) is 24.1 Å². The van der Waals surface area contributed by atoms with E-state index in [9.17, 15) is 14.7 Å². The number of ether oxygens (including phenoxy) is 1. The predicted octanol–water partition coefficient (Wildman–Crippen LogP) is 6.88. The van der Waals surface area contributed by atoms with Gasteiger partial charge in [-0.2, -0.15) is 0 Å². The maximum atomic E-state index is 15.1. The van der Waals surface area contributed by atoms with E-state index in [0.29, 0.717) is 35.3 Å². The molecule has 1 N–H and O–H groups in total. The second kappa shape index (κ2) is 12.1. The smallest absolute Gasteiger partial charge is 0.234 e. The first-order valence-electron chi connectivity index (χ1n) is 16.8. The van der Waals surface area contributed by atoms with E-state index in [-0.39, 0.29) is 47.8 Å². The minimum atomic E-state index is -1.34. The molecule has 2 heterocycles. The number of likely N-dealkylation sites (tertiary alicyclic amines) is 1. The minimum absolute atomic E-state index is 0.0287. The first-order valence-corrected chi connectivity index (χ1v) is 17.7. The number of benzene rings is 3. The van der Waals surface area contributed by atoms with Crippen molar-refractivity contribution >= 4 is 40.3 Å². The Hall–Kier alpha value is -5.08. The molecule has 1 saturated carbocycles. The van der Waals surface area contributed by atoms with Crippen molar-refractivity contribution in [3.05, 3.63) is 136 Å². The molecular formula is C41H35NO6S. The van der Waals surface area contributed by atoms with Crippen molar-refractivity contribution in [3.63, 3.8) is 0 Å². The second-order valence-corrected chi connectivity index (χ2v) is 14.3. The number of Topliss-reactive ketones (excluding diaryl/α,β-unsaturated/α-hetero) is 1. The van der Waals surface area contributed by atoms with Gasteiger partial charge in [-0.15, -0.1) is 11.3 Å². The van der Waals surface area contributed by atoms with E-state index in [1.54, 1.807) is 18.2 Å². The van der Waals surface area contributed by atoms with Crippen molar-refractivity contribution in [1.29, 1.82) is 0 Å². The molecule has 2 amide bonds. The van der Waals surface area contributed by atoms with Gasteiger partial charge in [0.15, 0.2) is 23.1 Å². The molecular weight excluding hydrogens is 635 g/mol. The first-order chi connectivity index (χ1) is 23.8. The zero-order chi connectivity index (χ0) is 33.9. The topological polar surface area (TPSA) is 101 Å². The zero-order valence-electron chi connectivity index (χ0n) is 27.0. The molecule has 7 nitrogen and oxygen atoms in total. The van der Waals surface area contributed by atoms with Crippen LogP contribution >= 0.6 is 11.3 Å². The van der Waals surface area contributed by atoms with Gasteiger partial charge in [0.05, 0.1) is 30.4 Å². The number of fused-ring (bicyclic) bond motifs is 4. The summed E-state index contributed by atoms with van der Waals surface area (Å²) in [5.41, 5.74) is 1.98. The van der Waals surface area contributed by atoms with Gasteiger partial charge in [0.25, 0.3) is 0 Å². The fraction of sp³-hybridized carbons (Fsp3) is 0.268. The summed E-state index contributed by atoms with van der Waals surface area (Å²) >= 11 is 1.50. The number of phenols is 1. The van der Waals surface area contributed by atoms with Crippen LogP contribution in [0, 0.1) is 23.7 Å². The fourth-order valence-corrected chi connectivity index (χ4v) is 9.70. The van der Waals surface area contributed by atoms with E-state index in [0.717, 1.165) is 10.5 Å². The molecule has 0 radical (unpaired) electrons. The van der Waals surface area contributed by atoms with Gasteiger partial charge < -0.3 is 9.84 Å². The van der Waals surface area contributed by atoms with E-state index < -0.39 is 35.0 Å². The van der Waals surface area contributed by atoms with Gasteiger partial charge in [0.2, 0.25) is 11.8 Å². The van der Waals surface area contributed by atoms with Crippen molar-refractivity contribution in [2.24, 2.45) is 23.7 Å². The number of imide groups is 1. The number of hydrogen-bond donors (Lipinski definition) is 1. The number of ketones is 2. The number of nitrogens with zero attached hydrogens (tertiary/aromatic N) is 1. The van der Waals surface area contributed by atoms with Gasteiger partial charge in [0.1, 0.15) is 0 Å². The Morgan fingerprint density at radius 3 is 2.37 bits per heavy atom. The lowest BCUT2D eigenvalue weighted by Crippen LogP contribution is -2.58. The highest BCUT2D eigenvalue weighted by Crippen LogP contribution is 2.64. The molecule has 2 fully saturated rings. The van der Waals surface area contributed by atoms with E-state index >= 15 is 9.59 Å². The summed E-state index contributed by atoms with van der Waals surface area (Å²) in [4.78, 5) is 60.7. The molecule has 0 bridgehead atoms. The van der Waals surface area contributed by atoms with Crippen LogP contribution in [-0.4, -0.2) is 40.0 Å². The summed E-state index contributed by atoms with van der Waals surface area (Å²) in [6.07, 6.45) is 4.17. The van der Waals surface area contributed by atoms with Gasteiger partial charge in [-0.05, 0) is 72.0 Å². The summed E-state index contributed by atoms with van der Waals surface area (Å²) in [6, 6.07) is 27.7. The molecule has 8 rings (SSSR count). The largest absolute Gasteiger partial charge is 0.504 e. The Morgan fingerprint density at radius 2 is 1.65 bits per heavy atom. The summed E-state index contributed by atoms with van der Waals surface area (Å²) < 4.78 is 5.83. The molecule has 1 aromatic heterocycles. The van der Waals surface area contributed by atoms with Crippen LogP contribution in [0.4, 0.5) is 0 Å². The Morgan fingerprint density at radius 1 is 0.898 bits per heavy atom. The SMILES string of the molecule is CCOc1cc([C@H]2C3=CC[C@@H]4C(=O)N(Cc5cccs5)C(=O)[C@@H]4[C@@H]3C[C@H]3C(=O)C(c4ccccc4)=CC(=O)[C@@]23c2ccccc2)ccc1O. The molecule has 1 saturated heterocycles. The van der Waals surface area contributed by atoms with Crippen LogP contribution < -0.4 is 4.74 Å². The highest BCUT2D eigenvalue weighted by molar-refractivity contribution is 7.09. The van der Waals surface area contributed by atoms with Gasteiger partial charge in [0, 0.05) is 22.3 Å². The summed E-state index contributed by atoms with van der Waals surface area (Å²) in [5.74, 6) is -3.64. The number of amides is 2. The second-order valence-electron chi connectivity index (χ2n) is 13.3. The lowest BCUT2D eigenvalue weighted by atomic mass is 9.44. The summed E-state index contributed by atoms with van der Waals surface area (Å²) in [6.45, 7) is 2.37. The molecule has 3 aliphatic carbocycles. The molecule has 246 valence electrons. The van der Waals surface area contributed by atoms with Crippen LogP contribution in [0.5, 0.6) is 11.5 Å². The first kappa shape index (κ1) is 31.2. The Labute approximate surface area is 288 Å². The van der Waals surface area contributed by atoms with Crippen LogP contribution in [0.2, 0.25) is 0 Å². The third-order valence-electron chi connectivity index (χ3n) is 11.0. The lowest BCUT2D eigenvalue weighted by Gasteiger charge is -2.55.